The van der Waals surface area contributed by atoms with E-state index in [0.717, 1.165) is 26.9 Å². The van der Waals surface area contributed by atoms with Crippen LogP contribution in [0.4, 0.5) is 0 Å². The third kappa shape index (κ3) is 4.65. The molecule has 0 fully saturated rings. The van der Waals surface area contributed by atoms with E-state index in [0.29, 0.717) is 0 Å². The summed E-state index contributed by atoms with van der Waals surface area (Å²) in [5, 5.41) is 9.25. The van der Waals surface area contributed by atoms with E-state index >= 15 is 0 Å². The third-order valence-electron chi connectivity index (χ3n) is 2.41. The lowest BCUT2D eigenvalue weighted by Gasteiger charge is -2.07. The zero-order chi connectivity index (χ0) is 12.5. The highest BCUT2D eigenvalue weighted by Gasteiger charge is 2.07. The van der Waals surface area contributed by atoms with Crippen LogP contribution in [0.5, 0.6) is 0 Å². The summed E-state index contributed by atoms with van der Waals surface area (Å²) < 4.78 is 0. The monoisotopic (exact) mass is 265 g/mol. The SMILES string of the molecule is CCCCCSc1cccc(SCC)c1C#N. The Kier molecular flexibility index (Phi) is 7.23. The quantitative estimate of drug-likeness (QED) is 0.514. The molecule has 1 nitrogen and oxygen atoms in total. The highest BCUT2D eigenvalue weighted by atomic mass is 32.2. The minimum atomic E-state index is 0.862. The Bertz CT molecular complexity index is 382. The van der Waals surface area contributed by atoms with Gasteiger partial charge in [0.25, 0.3) is 0 Å². The van der Waals surface area contributed by atoms with Gasteiger partial charge in [-0.2, -0.15) is 5.26 Å². The van der Waals surface area contributed by atoms with Gasteiger partial charge in [0.05, 0.1) is 5.56 Å². The number of benzene rings is 1. The molecule has 0 aliphatic heterocycles. The van der Waals surface area contributed by atoms with E-state index in [1.807, 2.05) is 17.8 Å². The summed E-state index contributed by atoms with van der Waals surface area (Å²) in [6.45, 7) is 4.33. The molecule has 0 N–H and O–H groups in total. The second-order valence-electron chi connectivity index (χ2n) is 3.73. The average molecular weight is 265 g/mol. The van der Waals surface area contributed by atoms with Crippen LogP contribution >= 0.6 is 23.5 Å². The highest BCUT2D eigenvalue weighted by molar-refractivity contribution is 8.00. The molecule has 0 unspecified atom stereocenters. The fraction of sp³-hybridized carbons (Fsp3) is 0.500. The molecule has 0 spiro atoms. The van der Waals surface area contributed by atoms with E-state index in [2.05, 4.69) is 32.0 Å². The second kappa shape index (κ2) is 8.49. The summed E-state index contributed by atoms with van der Waals surface area (Å²) in [7, 11) is 0. The fourth-order valence-corrected chi connectivity index (χ4v) is 3.44. The van der Waals surface area contributed by atoms with Gasteiger partial charge in [0.2, 0.25) is 0 Å². The molecule has 0 heterocycles. The van der Waals surface area contributed by atoms with E-state index in [1.54, 1.807) is 11.8 Å². The molecule has 0 saturated carbocycles. The Balaban J connectivity index is 2.70. The Morgan fingerprint density at radius 1 is 1.12 bits per heavy atom. The van der Waals surface area contributed by atoms with Gasteiger partial charge < -0.3 is 0 Å². The molecule has 0 bridgehead atoms. The third-order valence-corrected chi connectivity index (χ3v) is 4.49. The molecule has 0 atom stereocenters. The molecule has 0 saturated heterocycles. The van der Waals surface area contributed by atoms with Crippen molar-refractivity contribution in [1.82, 2.24) is 0 Å². The van der Waals surface area contributed by atoms with Crippen molar-refractivity contribution in [3.63, 3.8) is 0 Å². The van der Waals surface area contributed by atoms with E-state index < -0.39 is 0 Å². The fourth-order valence-electron chi connectivity index (χ4n) is 1.55. The molecule has 0 aliphatic rings. The van der Waals surface area contributed by atoms with Gasteiger partial charge in [0, 0.05) is 9.79 Å². The van der Waals surface area contributed by atoms with Crippen LogP contribution in [0.2, 0.25) is 0 Å². The Hall–Kier alpha value is -0.590. The van der Waals surface area contributed by atoms with Crippen molar-refractivity contribution in [2.24, 2.45) is 0 Å². The number of nitriles is 1. The average Bonchev–Trinajstić information content (AvgIpc) is 2.35. The van der Waals surface area contributed by atoms with Gasteiger partial charge in [-0.15, -0.1) is 23.5 Å². The highest BCUT2D eigenvalue weighted by Crippen LogP contribution is 2.31. The molecule has 1 rings (SSSR count). The molecule has 0 aliphatic carbocycles. The van der Waals surface area contributed by atoms with Crippen molar-refractivity contribution in [2.75, 3.05) is 11.5 Å². The first-order valence-corrected chi connectivity index (χ1v) is 8.09. The Morgan fingerprint density at radius 3 is 2.41 bits per heavy atom. The number of hydrogen-bond donors (Lipinski definition) is 0. The Morgan fingerprint density at radius 2 is 1.82 bits per heavy atom. The summed E-state index contributed by atoms with van der Waals surface area (Å²) in [6, 6.07) is 8.51. The van der Waals surface area contributed by atoms with Gasteiger partial charge in [-0.1, -0.05) is 32.8 Å². The molecular formula is C14H19NS2. The van der Waals surface area contributed by atoms with Crippen molar-refractivity contribution in [2.45, 2.75) is 42.9 Å². The molecule has 0 aromatic heterocycles. The molecule has 17 heavy (non-hydrogen) atoms. The number of unbranched alkanes of at least 4 members (excludes halogenated alkanes) is 2. The number of hydrogen-bond acceptors (Lipinski definition) is 3. The molecule has 1 aromatic carbocycles. The predicted molar refractivity (Wildman–Crippen MR) is 77.8 cm³/mol. The van der Waals surface area contributed by atoms with Gasteiger partial charge in [-0.25, -0.2) is 0 Å². The van der Waals surface area contributed by atoms with Gasteiger partial charge in [0.15, 0.2) is 0 Å². The Labute approximate surface area is 113 Å². The number of thioether (sulfide) groups is 2. The summed E-state index contributed by atoms with van der Waals surface area (Å²) >= 11 is 3.56. The smallest absolute Gasteiger partial charge is 0.101 e. The largest absolute Gasteiger partial charge is 0.192 e. The summed E-state index contributed by atoms with van der Waals surface area (Å²) in [4.78, 5) is 2.26. The number of rotatable bonds is 7. The molecule has 0 amide bonds. The van der Waals surface area contributed by atoms with Crippen molar-refractivity contribution >= 4 is 23.5 Å². The molecule has 92 valence electrons. The van der Waals surface area contributed by atoms with Gasteiger partial charge in [0.1, 0.15) is 6.07 Å². The normalized spacial score (nSPS) is 10.2. The molecule has 3 heteroatoms. The number of nitrogens with zero attached hydrogens (tertiary/aromatic N) is 1. The lowest BCUT2D eigenvalue weighted by atomic mass is 10.2. The second-order valence-corrected chi connectivity index (χ2v) is 6.17. The van der Waals surface area contributed by atoms with Crippen LogP contribution in [0.25, 0.3) is 0 Å². The van der Waals surface area contributed by atoms with E-state index in [4.69, 9.17) is 0 Å². The van der Waals surface area contributed by atoms with Crippen LogP contribution in [0.3, 0.4) is 0 Å². The standard InChI is InChI=1S/C14H19NS2/c1-3-5-6-10-17-14-9-7-8-13(16-4-2)12(14)11-15/h7-9H,3-6,10H2,1-2H3. The summed E-state index contributed by atoms with van der Waals surface area (Å²) in [6.07, 6.45) is 3.76. The van der Waals surface area contributed by atoms with Crippen molar-refractivity contribution < 1.29 is 0 Å². The lowest BCUT2D eigenvalue weighted by molar-refractivity contribution is 0.778. The topological polar surface area (TPSA) is 23.8 Å². The van der Waals surface area contributed by atoms with Crippen LogP contribution < -0.4 is 0 Å². The van der Waals surface area contributed by atoms with Crippen LogP contribution in [-0.2, 0) is 0 Å². The zero-order valence-electron chi connectivity index (χ0n) is 10.5. The molecular weight excluding hydrogens is 246 g/mol. The minimum Gasteiger partial charge on any atom is -0.192 e. The molecule has 0 radical (unpaired) electrons. The van der Waals surface area contributed by atoms with Crippen LogP contribution in [0.15, 0.2) is 28.0 Å². The van der Waals surface area contributed by atoms with Crippen LogP contribution in [0.1, 0.15) is 38.7 Å². The first-order valence-electron chi connectivity index (χ1n) is 6.12. The van der Waals surface area contributed by atoms with Gasteiger partial charge in [-0.3, -0.25) is 0 Å². The molecule has 1 aromatic rings. The lowest BCUT2D eigenvalue weighted by Crippen LogP contribution is -1.88. The van der Waals surface area contributed by atoms with Crippen molar-refractivity contribution in [1.29, 1.82) is 5.26 Å². The van der Waals surface area contributed by atoms with Crippen molar-refractivity contribution in [3.05, 3.63) is 23.8 Å². The van der Waals surface area contributed by atoms with Gasteiger partial charge in [-0.05, 0) is 30.1 Å². The van der Waals surface area contributed by atoms with E-state index in [9.17, 15) is 5.26 Å². The van der Waals surface area contributed by atoms with Gasteiger partial charge >= 0.3 is 0 Å². The summed E-state index contributed by atoms with van der Waals surface area (Å²) in [5.74, 6) is 2.13. The minimum absolute atomic E-state index is 0.862. The zero-order valence-corrected chi connectivity index (χ0v) is 12.2. The maximum absolute atomic E-state index is 9.25. The van der Waals surface area contributed by atoms with E-state index in [-0.39, 0.29) is 0 Å². The van der Waals surface area contributed by atoms with Crippen LogP contribution in [-0.4, -0.2) is 11.5 Å². The first-order chi connectivity index (χ1) is 8.33. The predicted octanol–water partition coefficient (Wildman–Crippen LogP) is 4.95. The van der Waals surface area contributed by atoms with E-state index in [1.165, 1.54) is 19.3 Å². The van der Waals surface area contributed by atoms with Crippen LogP contribution in [0, 0.1) is 11.3 Å². The maximum Gasteiger partial charge on any atom is 0.101 e. The first kappa shape index (κ1) is 14.5. The van der Waals surface area contributed by atoms with Crippen molar-refractivity contribution in [3.8, 4) is 6.07 Å². The maximum atomic E-state index is 9.25. The summed E-state index contributed by atoms with van der Waals surface area (Å²) in [5.41, 5.74) is 0.862.